The average Bonchev–Trinajstić information content (AvgIpc) is 2.54. The van der Waals surface area contributed by atoms with Gasteiger partial charge >= 0.3 is 0 Å². The highest BCUT2D eigenvalue weighted by atomic mass is 32.2. The van der Waals surface area contributed by atoms with Gasteiger partial charge in [0.2, 0.25) is 10.0 Å². The number of nitrogens with zero attached hydrogens (tertiary/aromatic N) is 1. The Bertz CT molecular complexity index is 550. The molecule has 0 saturated carbocycles. The fourth-order valence-corrected chi connectivity index (χ4v) is 3.22. The molecular formula is C12H15NO4S. The van der Waals surface area contributed by atoms with Gasteiger partial charge in [0, 0.05) is 13.1 Å². The Morgan fingerprint density at radius 3 is 2.50 bits per heavy atom. The van der Waals surface area contributed by atoms with Crippen molar-refractivity contribution >= 4 is 10.0 Å². The predicted molar refractivity (Wildman–Crippen MR) is 67.5 cm³/mol. The van der Waals surface area contributed by atoms with E-state index in [-0.39, 0.29) is 18.0 Å². The van der Waals surface area contributed by atoms with E-state index in [1.807, 2.05) is 0 Å². The van der Waals surface area contributed by atoms with Gasteiger partial charge in [0.05, 0.1) is 12.0 Å². The molecule has 1 fully saturated rings. The lowest BCUT2D eigenvalue weighted by Gasteiger charge is -2.14. The van der Waals surface area contributed by atoms with Crippen molar-refractivity contribution in [1.29, 1.82) is 0 Å². The van der Waals surface area contributed by atoms with E-state index in [0.717, 1.165) is 5.56 Å². The van der Waals surface area contributed by atoms with Crippen molar-refractivity contribution in [2.75, 3.05) is 13.7 Å². The molecule has 0 aromatic heterocycles. The number of rotatable bonds is 3. The smallest absolute Gasteiger partial charge is 0.241 e. The molecule has 1 heterocycles. The first-order chi connectivity index (χ1) is 8.45. The molecule has 1 aromatic rings. The minimum atomic E-state index is -3.57. The third-order valence-corrected chi connectivity index (χ3v) is 4.83. The molecule has 0 radical (unpaired) electrons. The molecule has 5 nitrogen and oxygen atoms in total. The minimum Gasteiger partial charge on any atom is -0.497 e. The quantitative estimate of drug-likeness (QED) is 0.878. The fraction of sp³-hybridized carbons (Fsp3) is 0.333. The Hall–Kier alpha value is -1.37. The number of methoxy groups -OCH3 is 1. The highest BCUT2D eigenvalue weighted by molar-refractivity contribution is 7.93. The summed E-state index contributed by atoms with van der Waals surface area (Å²) in [4.78, 5) is -0.129. The van der Waals surface area contributed by atoms with Gasteiger partial charge in [-0.3, -0.25) is 0 Å². The van der Waals surface area contributed by atoms with E-state index in [4.69, 9.17) is 4.74 Å². The van der Waals surface area contributed by atoms with Crippen LogP contribution >= 0.6 is 0 Å². The number of aliphatic hydroxyl groups is 1. The number of hydrogen-bond acceptors (Lipinski definition) is 4. The molecule has 0 aliphatic carbocycles. The van der Waals surface area contributed by atoms with E-state index in [1.165, 1.54) is 4.31 Å². The number of sulfonamides is 1. The van der Waals surface area contributed by atoms with Crippen LogP contribution in [-0.4, -0.2) is 37.6 Å². The van der Waals surface area contributed by atoms with E-state index in [9.17, 15) is 13.5 Å². The van der Waals surface area contributed by atoms with Gasteiger partial charge in [-0.15, -0.1) is 0 Å². The lowest BCUT2D eigenvalue weighted by molar-refractivity contribution is 0.200. The van der Waals surface area contributed by atoms with Crippen molar-refractivity contribution in [2.45, 2.75) is 12.6 Å². The minimum absolute atomic E-state index is 0.0627. The van der Waals surface area contributed by atoms with Gasteiger partial charge in [-0.2, -0.15) is 4.31 Å². The highest BCUT2D eigenvalue weighted by Gasteiger charge is 2.38. The number of β-amino-alcohol motifs (C(OH)–C–C–N with tert-alkyl or cyclic N) is 1. The Labute approximate surface area is 106 Å². The van der Waals surface area contributed by atoms with E-state index in [2.05, 4.69) is 6.58 Å². The summed E-state index contributed by atoms with van der Waals surface area (Å²) in [6.07, 6.45) is -1.01. The summed E-state index contributed by atoms with van der Waals surface area (Å²) in [7, 11) is -2.00. The van der Waals surface area contributed by atoms with Crippen LogP contribution in [0.15, 0.2) is 35.7 Å². The van der Waals surface area contributed by atoms with Crippen LogP contribution in [0.1, 0.15) is 5.56 Å². The van der Waals surface area contributed by atoms with Crippen LogP contribution in [0, 0.1) is 0 Å². The molecule has 1 saturated heterocycles. The normalized spacial score (nSPS) is 23.2. The van der Waals surface area contributed by atoms with Gasteiger partial charge < -0.3 is 9.84 Å². The van der Waals surface area contributed by atoms with E-state index >= 15 is 0 Å². The summed E-state index contributed by atoms with van der Waals surface area (Å²) < 4.78 is 30.0. The van der Waals surface area contributed by atoms with Gasteiger partial charge in [-0.05, 0) is 17.7 Å². The summed E-state index contributed by atoms with van der Waals surface area (Å²) in [5.74, 6) is 0.715. The van der Waals surface area contributed by atoms with Gasteiger partial charge in [-0.25, -0.2) is 8.42 Å². The molecular weight excluding hydrogens is 254 g/mol. The zero-order valence-corrected chi connectivity index (χ0v) is 10.9. The highest BCUT2D eigenvalue weighted by Crippen LogP contribution is 2.26. The molecule has 0 unspecified atom stereocenters. The standard InChI is InChI=1S/C12H15NO4S/c1-9-12(14)8-13(18(9,15)16)7-10-3-5-11(17-2)6-4-10/h3-6,12,14H,1,7-8H2,2H3/t12-/m0/s1. The molecule has 98 valence electrons. The van der Waals surface area contributed by atoms with Gasteiger partial charge in [0.1, 0.15) is 11.9 Å². The summed E-state index contributed by atoms with van der Waals surface area (Å²) in [6.45, 7) is 3.69. The monoisotopic (exact) mass is 269 g/mol. The van der Waals surface area contributed by atoms with Crippen LogP contribution in [-0.2, 0) is 16.6 Å². The van der Waals surface area contributed by atoms with Crippen LogP contribution < -0.4 is 4.74 Å². The Morgan fingerprint density at radius 2 is 2.06 bits per heavy atom. The van der Waals surface area contributed by atoms with Crippen molar-refractivity contribution in [2.24, 2.45) is 0 Å². The van der Waals surface area contributed by atoms with Gasteiger partial charge in [0.25, 0.3) is 0 Å². The second kappa shape index (κ2) is 4.72. The summed E-state index contributed by atoms with van der Waals surface area (Å²) >= 11 is 0. The lowest BCUT2D eigenvalue weighted by Crippen LogP contribution is -2.25. The molecule has 1 aliphatic heterocycles. The summed E-state index contributed by atoms with van der Waals surface area (Å²) in [5.41, 5.74) is 0.835. The van der Waals surface area contributed by atoms with Gasteiger partial charge in [0.15, 0.2) is 0 Å². The zero-order chi connectivity index (χ0) is 13.3. The maximum absolute atomic E-state index is 11.9. The van der Waals surface area contributed by atoms with E-state index in [0.29, 0.717) is 5.75 Å². The van der Waals surface area contributed by atoms with Crippen LogP contribution in [0.25, 0.3) is 0 Å². The average molecular weight is 269 g/mol. The van der Waals surface area contributed by atoms with Crippen molar-refractivity contribution < 1.29 is 18.3 Å². The predicted octanol–water partition coefficient (Wildman–Crippen LogP) is 0.715. The second-order valence-corrected chi connectivity index (χ2v) is 6.12. The topological polar surface area (TPSA) is 66.8 Å². The molecule has 1 aliphatic rings. The Balaban J connectivity index is 2.17. The maximum atomic E-state index is 11.9. The van der Waals surface area contributed by atoms with Crippen molar-refractivity contribution in [3.8, 4) is 5.75 Å². The van der Waals surface area contributed by atoms with Crippen molar-refractivity contribution in [3.63, 3.8) is 0 Å². The third kappa shape index (κ3) is 2.27. The molecule has 0 amide bonds. The van der Waals surface area contributed by atoms with Crippen LogP contribution in [0.2, 0.25) is 0 Å². The molecule has 1 N–H and O–H groups in total. The molecule has 1 atom stereocenters. The van der Waals surface area contributed by atoms with Crippen LogP contribution in [0.4, 0.5) is 0 Å². The van der Waals surface area contributed by atoms with Gasteiger partial charge in [-0.1, -0.05) is 18.7 Å². The number of aliphatic hydroxyl groups excluding tert-OH is 1. The maximum Gasteiger partial charge on any atom is 0.241 e. The number of benzene rings is 1. The van der Waals surface area contributed by atoms with Crippen LogP contribution in [0.3, 0.4) is 0 Å². The second-order valence-electron chi connectivity index (χ2n) is 4.13. The Kier molecular flexibility index (Phi) is 3.43. The lowest BCUT2D eigenvalue weighted by atomic mass is 10.2. The third-order valence-electron chi connectivity index (χ3n) is 2.94. The zero-order valence-electron chi connectivity index (χ0n) is 10.0. The largest absolute Gasteiger partial charge is 0.497 e. The Morgan fingerprint density at radius 1 is 1.44 bits per heavy atom. The van der Waals surface area contributed by atoms with Crippen LogP contribution in [0.5, 0.6) is 5.75 Å². The first kappa shape index (κ1) is 13.1. The molecule has 1 aromatic carbocycles. The molecule has 6 heteroatoms. The molecule has 0 spiro atoms. The van der Waals surface area contributed by atoms with E-state index < -0.39 is 16.1 Å². The van der Waals surface area contributed by atoms with Crippen molar-refractivity contribution in [1.82, 2.24) is 4.31 Å². The summed E-state index contributed by atoms with van der Waals surface area (Å²) in [6, 6.07) is 7.12. The number of ether oxygens (including phenoxy) is 1. The SMILES string of the molecule is C=C1[C@@H](O)CN(Cc2ccc(OC)cc2)S1(=O)=O. The summed E-state index contributed by atoms with van der Waals surface area (Å²) in [5, 5.41) is 9.52. The molecule has 0 bridgehead atoms. The molecule has 2 rings (SSSR count). The fourth-order valence-electron chi connectivity index (χ4n) is 1.81. The first-order valence-electron chi connectivity index (χ1n) is 5.45. The van der Waals surface area contributed by atoms with Crippen molar-refractivity contribution in [3.05, 3.63) is 41.3 Å². The first-order valence-corrected chi connectivity index (χ1v) is 6.89. The number of hydrogen-bond donors (Lipinski definition) is 1. The van der Waals surface area contributed by atoms with E-state index in [1.54, 1.807) is 31.4 Å². The molecule has 18 heavy (non-hydrogen) atoms.